The van der Waals surface area contributed by atoms with E-state index in [0.29, 0.717) is 33.1 Å². The van der Waals surface area contributed by atoms with Crippen molar-refractivity contribution < 1.29 is 14.1 Å². The van der Waals surface area contributed by atoms with E-state index in [0.717, 1.165) is 23.4 Å². The molecule has 1 fully saturated rings. The molecule has 9 nitrogen and oxygen atoms in total. The molecule has 0 amide bonds. The van der Waals surface area contributed by atoms with Crippen LogP contribution in [0.15, 0.2) is 47.3 Å². The van der Waals surface area contributed by atoms with Gasteiger partial charge in [0, 0.05) is 55.2 Å². The Morgan fingerprint density at radius 1 is 1.27 bits per heavy atom. The van der Waals surface area contributed by atoms with Gasteiger partial charge in [-0.2, -0.15) is 10.2 Å². The molecule has 37 heavy (non-hydrogen) atoms. The van der Waals surface area contributed by atoms with E-state index in [1.54, 1.807) is 17.7 Å². The summed E-state index contributed by atoms with van der Waals surface area (Å²) in [6.07, 6.45) is 7.25. The molecule has 3 heterocycles. The average molecular weight is 590 g/mol. The number of nitrogens with zero attached hydrogens (tertiary/aromatic N) is 6. The normalized spacial score (nSPS) is 14.1. The van der Waals surface area contributed by atoms with E-state index in [9.17, 15) is 14.5 Å². The Labute approximate surface area is 225 Å². The fourth-order valence-corrected chi connectivity index (χ4v) is 4.82. The third-order valence-electron chi connectivity index (χ3n) is 6.21. The average Bonchev–Trinajstić information content (AvgIpc) is 3.48. The molecule has 1 atom stereocenters. The van der Waals surface area contributed by atoms with E-state index in [2.05, 4.69) is 31.1 Å². The number of pyridine rings is 1. The summed E-state index contributed by atoms with van der Waals surface area (Å²) in [7, 11) is 1.81. The van der Waals surface area contributed by atoms with Crippen LogP contribution >= 0.6 is 27.5 Å². The molecule has 3 aromatic heterocycles. The molecular weight excluding hydrogens is 567 g/mol. The summed E-state index contributed by atoms with van der Waals surface area (Å²) in [6, 6.07) is 5.87. The molecule has 1 saturated carbocycles. The van der Waals surface area contributed by atoms with Gasteiger partial charge in [0.15, 0.2) is 11.3 Å². The minimum Gasteiger partial charge on any atom is -0.478 e. The van der Waals surface area contributed by atoms with Crippen LogP contribution in [0.4, 0.5) is 10.2 Å². The fraction of sp³-hybridized carbons (Fsp3) is 0.320. The third-order valence-corrected chi connectivity index (χ3v) is 6.96. The Balaban J connectivity index is 1.49. The number of ether oxygens (including phenoxy) is 1. The molecule has 192 valence electrons. The summed E-state index contributed by atoms with van der Waals surface area (Å²) in [6.45, 7) is 2.56. The summed E-state index contributed by atoms with van der Waals surface area (Å²) in [5.41, 5.74) is 3.58. The van der Waals surface area contributed by atoms with E-state index in [4.69, 9.17) is 16.3 Å². The lowest BCUT2D eigenvalue weighted by molar-refractivity contribution is -0.390. The zero-order valence-electron chi connectivity index (χ0n) is 20.1. The first-order valence-corrected chi connectivity index (χ1v) is 12.9. The highest BCUT2D eigenvalue weighted by Crippen LogP contribution is 2.37. The zero-order valence-corrected chi connectivity index (χ0v) is 22.4. The van der Waals surface area contributed by atoms with E-state index >= 15 is 0 Å². The highest BCUT2D eigenvalue weighted by atomic mass is 79.9. The summed E-state index contributed by atoms with van der Waals surface area (Å²) in [5.74, 6) is -0.240. The van der Waals surface area contributed by atoms with Crippen LogP contribution in [0.25, 0.3) is 11.1 Å². The second-order valence-electron chi connectivity index (χ2n) is 9.17. The van der Waals surface area contributed by atoms with Crippen LogP contribution < -0.4 is 4.74 Å². The number of hydrogen-bond acceptors (Lipinski definition) is 6. The second kappa shape index (κ2) is 10.2. The van der Waals surface area contributed by atoms with Gasteiger partial charge in [0.1, 0.15) is 11.9 Å². The van der Waals surface area contributed by atoms with Crippen molar-refractivity contribution in [1.82, 2.24) is 24.5 Å². The predicted octanol–water partition coefficient (Wildman–Crippen LogP) is 6.28. The number of hydrogen-bond donors (Lipinski definition) is 0. The number of benzene rings is 1. The number of aryl methyl sites for hydroxylation is 1. The Morgan fingerprint density at radius 3 is 2.78 bits per heavy atom. The van der Waals surface area contributed by atoms with Crippen LogP contribution in [0, 0.1) is 21.8 Å². The van der Waals surface area contributed by atoms with Crippen molar-refractivity contribution in [3.63, 3.8) is 0 Å². The van der Waals surface area contributed by atoms with Crippen molar-refractivity contribution in [3.05, 3.63) is 85.2 Å². The van der Waals surface area contributed by atoms with Crippen LogP contribution in [-0.2, 0) is 20.0 Å². The van der Waals surface area contributed by atoms with Crippen LogP contribution in [0.5, 0.6) is 5.75 Å². The van der Waals surface area contributed by atoms with Crippen molar-refractivity contribution in [2.75, 3.05) is 0 Å². The largest absolute Gasteiger partial charge is 0.478 e. The Kier molecular flexibility index (Phi) is 7.00. The molecule has 1 aliphatic rings. The van der Waals surface area contributed by atoms with Crippen LogP contribution in [-0.4, -0.2) is 29.5 Å². The van der Waals surface area contributed by atoms with Gasteiger partial charge >= 0.3 is 5.82 Å². The zero-order chi connectivity index (χ0) is 26.3. The SMILES string of the molecule is C[C@@H](Oc1cc(Br)cnc1[N+](=O)[O-])c1cc(F)ccc1-c1cn(C)nc1Cc1cn(CC2CC2)nc1Cl. The van der Waals surface area contributed by atoms with Gasteiger partial charge in [0.25, 0.3) is 0 Å². The first-order valence-electron chi connectivity index (χ1n) is 11.7. The minimum absolute atomic E-state index is 0.0247. The maximum absolute atomic E-state index is 14.4. The van der Waals surface area contributed by atoms with Crippen molar-refractivity contribution in [3.8, 4) is 16.9 Å². The third kappa shape index (κ3) is 5.67. The van der Waals surface area contributed by atoms with Gasteiger partial charge in [-0.1, -0.05) is 17.7 Å². The van der Waals surface area contributed by atoms with Gasteiger partial charge in [-0.15, -0.1) is 0 Å². The second-order valence-corrected chi connectivity index (χ2v) is 10.4. The molecule has 1 aliphatic carbocycles. The Morgan fingerprint density at radius 2 is 2.05 bits per heavy atom. The first-order chi connectivity index (χ1) is 17.7. The van der Waals surface area contributed by atoms with Crippen molar-refractivity contribution >= 4 is 33.3 Å². The van der Waals surface area contributed by atoms with Crippen molar-refractivity contribution in [1.29, 1.82) is 0 Å². The van der Waals surface area contributed by atoms with E-state index < -0.39 is 22.7 Å². The lowest BCUT2D eigenvalue weighted by Crippen LogP contribution is -2.08. The first kappa shape index (κ1) is 25.3. The molecule has 0 aliphatic heterocycles. The maximum Gasteiger partial charge on any atom is 0.406 e. The standard InChI is InChI=1S/C25H23BrClFN6O3/c1-14(37-23-8-17(26)10-29-25(23)34(35)36)20-9-18(28)5-6-19(20)21-13-32(2)30-22(21)7-16-12-33(31-24(16)27)11-15-3-4-15/h5-6,8-10,12-15H,3-4,7,11H2,1-2H3/t14-/m1/s1. The summed E-state index contributed by atoms with van der Waals surface area (Å²) >= 11 is 9.72. The summed E-state index contributed by atoms with van der Waals surface area (Å²) in [4.78, 5) is 14.7. The van der Waals surface area contributed by atoms with Gasteiger partial charge in [-0.25, -0.2) is 4.39 Å². The van der Waals surface area contributed by atoms with Crippen molar-refractivity contribution in [2.24, 2.45) is 13.0 Å². The molecule has 0 saturated heterocycles. The maximum atomic E-state index is 14.4. The van der Waals surface area contributed by atoms with Crippen LogP contribution in [0.1, 0.15) is 42.7 Å². The van der Waals surface area contributed by atoms with E-state index in [1.165, 1.54) is 37.2 Å². The molecule has 5 rings (SSSR count). The molecule has 1 aromatic carbocycles. The van der Waals surface area contributed by atoms with E-state index in [1.807, 2.05) is 24.1 Å². The van der Waals surface area contributed by atoms with Gasteiger partial charge < -0.3 is 14.9 Å². The topological polar surface area (TPSA) is 101 Å². The predicted molar refractivity (Wildman–Crippen MR) is 139 cm³/mol. The molecular formula is C25H23BrClFN6O3. The lowest BCUT2D eigenvalue weighted by Gasteiger charge is -2.18. The van der Waals surface area contributed by atoms with Gasteiger partial charge in [-0.05, 0) is 69.2 Å². The Bertz CT molecular complexity index is 1490. The number of halogens is 3. The highest BCUT2D eigenvalue weighted by molar-refractivity contribution is 9.10. The van der Waals surface area contributed by atoms with Crippen LogP contribution in [0.3, 0.4) is 0 Å². The van der Waals surface area contributed by atoms with Crippen molar-refractivity contribution in [2.45, 2.75) is 38.8 Å². The van der Waals surface area contributed by atoms with Gasteiger partial charge in [0.05, 0.1) is 10.2 Å². The molecule has 0 unspecified atom stereocenters. The van der Waals surface area contributed by atoms with E-state index in [-0.39, 0.29) is 5.75 Å². The quantitative estimate of drug-likeness (QED) is 0.168. The lowest BCUT2D eigenvalue weighted by atomic mass is 9.95. The number of rotatable bonds is 9. The van der Waals surface area contributed by atoms with Gasteiger partial charge in [-0.3, -0.25) is 9.36 Å². The molecule has 0 spiro atoms. The summed E-state index contributed by atoms with van der Waals surface area (Å²) < 4.78 is 24.5. The Hall–Kier alpha value is -3.31. The molecule has 12 heteroatoms. The van der Waals surface area contributed by atoms with Crippen LogP contribution in [0.2, 0.25) is 5.15 Å². The molecule has 0 radical (unpaired) electrons. The fourth-order valence-electron chi connectivity index (χ4n) is 4.29. The summed E-state index contributed by atoms with van der Waals surface area (Å²) in [5, 5.41) is 21.0. The molecule has 0 N–H and O–H groups in total. The smallest absolute Gasteiger partial charge is 0.406 e. The number of nitro groups is 1. The number of aromatic nitrogens is 5. The monoisotopic (exact) mass is 588 g/mol. The molecule has 4 aromatic rings. The highest BCUT2D eigenvalue weighted by Gasteiger charge is 2.25. The molecule has 0 bridgehead atoms. The minimum atomic E-state index is -0.738. The van der Waals surface area contributed by atoms with Gasteiger partial charge in [0.2, 0.25) is 5.75 Å².